The van der Waals surface area contributed by atoms with Crippen LogP contribution < -0.4 is 4.74 Å². The maximum absolute atomic E-state index is 9.95. The molecule has 1 atom stereocenters. The number of unbranched alkanes of at least 4 members (excludes halogenated alkanes) is 5. The molecule has 2 aromatic rings. The van der Waals surface area contributed by atoms with Gasteiger partial charge in [0.1, 0.15) is 6.10 Å². The monoisotopic (exact) mass is 312 g/mol. The van der Waals surface area contributed by atoms with E-state index in [1.807, 2.05) is 36.4 Å². The molecule has 1 unspecified atom stereocenters. The zero-order valence-electron chi connectivity index (χ0n) is 14.1. The molecule has 0 bridgehead atoms. The van der Waals surface area contributed by atoms with Gasteiger partial charge in [0, 0.05) is 0 Å². The molecule has 0 aliphatic carbocycles. The van der Waals surface area contributed by atoms with Crippen LogP contribution in [-0.4, -0.2) is 5.11 Å². The average molecular weight is 312 g/mol. The van der Waals surface area contributed by atoms with E-state index in [-0.39, 0.29) is 11.9 Å². The van der Waals surface area contributed by atoms with Crippen LogP contribution in [0.1, 0.15) is 63.5 Å². The van der Waals surface area contributed by atoms with Crippen molar-refractivity contribution in [1.82, 2.24) is 0 Å². The standard InChI is InChI=1S/C21H28O2/c1-2-3-4-5-6-10-16-20(18-13-8-7-9-14-18)23-21-17-12-11-15-19(21)22/h7-9,11-15,17,20,22H,2-6,10,16H2,1H3. The molecule has 0 heterocycles. The van der Waals surface area contributed by atoms with Crippen LogP contribution in [0.2, 0.25) is 0 Å². The summed E-state index contributed by atoms with van der Waals surface area (Å²) in [6.45, 7) is 2.24. The minimum Gasteiger partial charge on any atom is -0.504 e. The second kappa shape index (κ2) is 9.94. The molecule has 0 saturated carbocycles. The normalized spacial score (nSPS) is 12.0. The van der Waals surface area contributed by atoms with Crippen molar-refractivity contribution in [3.8, 4) is 11.5 Å². The van der Waals surface area contributed by atoms with E-state index in [4.69, 9.17) is 4.74 Å². The Kier molecular flexibility index (Phi) is 7.51. The van der Waals surface area contributed by atoms with E-state index in [0.29, 0.717) is 5.75 Å². The van der Waals surface area contributed by atoms with Crippen molar-refractivity contribution >= 4 is 0 Å². The van der Waals surface area contributed by atoms with Crippen LogP contribution in [0.5, 0.6) is 11.5 Å². The van der Waals surface area contributed by atoms with E-state index in [0.717, 1.165) is 12.8 Å². The summed E-state index contributed by atoms with van der Waals surface area (Å²) in [5.41, 5.74) is 1.17. The van der Waals surface area contributed by atoms with E-state index in [1.54, 1.807) is 6.07 Å². The average Bonchev–Trinajstić information content (AvgIpc) is 2.59. The number of para-hydroxylation sites is 2. The van der Waals surface area contributed by atoms with Crippen molar-refractivity contribution in [3.63, 3.8) is 0 Å². The number of hydrogen-bond acceptors (Lipinski definition) is 2. The van der Waals surface area contributed by atoms with E-state index in [2.05, 4.69) is 19.1 Å². The third kappa shape index (κ3) is 5.97. The van der Waals surface area contributed by atoms with Crippen LogP contribution in [0.3, 0.4) is 0 Å². The van der Waals surface area contributed by atoms with Gasteiger partial charge in [-0.2, -0.15) is 0 Å². The lowest BCUT2D eigenvalue weighted by Gasteiger charge is -2.20. The van der Waals surface area contributed by atoms with Crippen molar-refractivity contribution in [3.05, 3.63) is 60.2 Å². The Morgan fingerprint density at radius 3 is 2.22 bits per heavy atom. The number of phenols is 1. The van der Waals surface area contributed by atoms with Gasteiger partial charge in [-0.25, -0.2) is 0 Å². The predicted octanol–water partition coefficient (Wildman–Crippen LogP) is 6.26. The third-order valence-corrected chi connectivity index (χ3v) is 4.13. The highest BCUT2D eigenvalue weighted by Crippen LogP contribution is 2.32. The van der Waals surface area contributed by atoms with Gasteiger partial charge in [0.15, 0.2) is 11.5 Å². The Bertz CT molecular complexity index is 551. The highest BCUT2D eigenvalue weighted by molar-refractivity contribution is 5.38. The van der Waals surface area contributed by atoms with Gasteiger partial charge in [0.2, 0.25) is 0 Å². The topological polar surface area (TPSA) is 29.5 Å². The Labute approximate surface area is 140 Å². The first-order chi connectivity index (χ1) is 11.3. The second-order valence-electron chi connectivity index (χ2n) is 6.04. The lowest BCUT2D eigenvalue weighted by molar-refractivity contribution is 0.183. The highest BCUT2D eigenvalue weighted by Gasteiger charge is 2.14. The Hall–Kier alpha value is -1.96. The second-order valence-corrected chi connectivity index (χ2v) is 6.04. The molecule has 0 amide bonds. The number of benzene rings is 2. The van der Waals surface area contributed by atoms with Crippen LogP contribution >= 0.6 is 0 Å². The minimum absolute atomic E-state index is 0.00400. The van der Waals surface area contributed by atoms with Gasteiger partial charge in [-0.1, -0.05) is 81.5 Å². The van der Waals surface area contributed by atoms with Gasteiger partial charge in [-0.15, -0.1) is 0 Å². The molecule has 2 rings (SSSR count). The third-order valence-electron chi connectivity index (χ3n) is 4.13. The maximum Gasteiger partial charge on any atom is 0.161 e. The summed E-state index contributed by atoms with van der Waals surface area (Å²) in [5.74, 6) is 0.767. The fourth-order valence-corrected chi connectivity index (χ4v) is 2.78. The van der Waals surface area contributed by atoms with Gasteiger partial charge in [0.25, 0.3) is 0 Å². The van der Waals surface area contributed by atoms with E-state index >= 15 is 0 Å². The molecular weight excluding hydrogens is 284 g/mol. The zero-order valence-corrected chi connectivity index (χ0v) is 14.1. The summed E-state index contributed by atoms with van der Waals surface area (Å²) in [6, 6.07) is 17.5. The van der Waals surface area contributed by atoms with Crippen molar-refractivity contribution in [2.45, 2.75) is 58.0 Å². The van der Waals surface area contributed by atoms with Crippen LogP contribution in [0.15, 0.2) is 54.6 Å². The van der Waals surface area contributed by atoms with Crippen LogP contribution in [-0.2, 0) is 0 Å². The summed E-state index contributed by atoms with van der Waals surface area (Å²) in [7, 11) is 0. The Balaban J connectivity index is 1.94. The molecule has 1 N–H and O–H groups in total. The molecule has 124 valence electrons. The molecule has 0 aromatic heterocycles. The number of phenolic OH excluding ortho intramolecular Hbond substituents is 1. The van der Waals surface area contributed by atoms with Crippen LogP contribution in [0.4, 0.5) is 0 Å². The maximum atomic E-state index is 9.95. The zero-order chi connectivity index (χ0) is 16.3. The van der Waals surface area contributed by atoms with Crippen molar-refractivity contribution in [2.75, 3.05) is 0 Å². The van der Waals surface area contributed by atoms with Crippen LogP contribution in [0.25, 0.3) is 0 Å². The summed E-state index contributed by atoms with van der Waals surface area (Å²) in [6.07, 6.45) is 8.60. The smallest absolute Gasteiger partial charge is 0.161 e. The van der Waals surface area contributed by atoms with Crippen LogP contribution in [0, 0.1) is 0 Å². The molecule has 2 aromatic carbocycles. The number of hydrogen-bond donors (Lipinski definition) is 1. The lowest BCUT2D eigenvalue weighted by Crippen LogP contribution is -2.08. The molecule has 2 heteroatoms. The fraction of sp³-hybridized carbons (Fsp3) is 0.429. The van der Waals surface area contributed by atoms with Gasteiger partial charge in [-0.05, 0) is 30.5 Å². The van der Waals surface area contributed by atoms with Gasteiger partial charge in [-0.3, -0.25) is 0 Å². The van der Waals surface area contributed by atoms with E-state index in [9.17, 15) is 5.11 Å². The van der Waals surface area contributed by atoms with Gasteiger partial charge in [0.05, 0.1) is 0 Å². The van der Waals surface area contributed by atoms with Crippen molar-refractivity contribution in [2.24, 2.45) is 0 Å². The molecule has 0 radical (unpaired) electrons. The van der Waals surface area contributed by atoms with E-state index < -0.39 is 0 Å². The molecule has 2 nitrogen and oxygen atoms in total. The largest absolute Gasteiger partial charge is 0.504 e. The summed E-state index contributed by atoms with van der Waals surface area (Å²) >= 11 is 0. The first kappa shape index (κ1) is 17.4. The van der Waals surface area contributed by atoms with Crippen molar-refractivity contribution in [1.29, 1.82) is 0 Å². The number of ether oxygens (including phenoxy) is 1. The summed E-state index contributed by atoms with van der Waals surface area (Å²) in [4.78, 5) is 0. The van der Waals surface area contributed by atoms with Gasteiger partial charge < -0.3 is 9.84 Å². The number of aromatic hydroxyl groups is 1. The van der Waals surface area contributed by atoms with E-state index in [1.165, 1.54) is 37.7 Å². The molecule has 0 aliphatic rings. The molecule has 0 fully saturated rings. The molecule has 0 spiro atoms. The van der Waals surface area contributed by atoms with Gasteiger partial charge >= 0.3 is 0 Å². The molecular formula is C21H28O2. The van der Waals surface area contributed by atoms with Crippen molar-refractivity contribution < 1.29 is 9.84 Å². The SMILES string of the molecule is CCCCCCCCC(Oc1ccccc1O)c1ccccc1. The first-order valence-electron chi connectivity index (χ1n) is 8.81. The predicted molar refractivity (Wildman–Crippen MR) is 95.9 cm³/mol. The fourth-order valence-electron chi connectivity index (χ4n) is 2.78. The highest BCUT2D eigenvalue weighted by atomic mass is 16.5. The molecule has 0 saturated heterocycles. The Morgan fingerprint density at radius 1 is 0.826 bits per heavy atom. The quantitative estimate of drug-likeness (QED) is 0.524. The molecule has 0 aliphatic heterocycles. The summed E-state index contributed by atoms with van der Waals surface area (Å²) < 4.78 is 6.11. The summed E-state index contributed by atoms with van der Waals surface area (Å²) in [5, 5.41) is 9.95. The minimum atomic E-state index is -0.00400. The first-order valence-corrected chi connectivity index (χ1v) is 8.81. The Morgan fingerprint density at radius 2 is 1.48 bits per heavy atom. The molecule has 23 heavy (non-hydrogen) atoms. The number of rotatable bonds is 10. The lowest BCUT2D eigenvalue weighted by atomic mass is 10.0.